The van der Waals surface area contributed by atoms with E-state index >= 15 is 0 Å². The van der Waals surface area contributed by atoms with Gasteiger partial charge >= 0.3 is 5.97 Å². The van der Waals surface area contributed by atoms with Gasteiger partial charge in [-0.05, 0) is 37.3 Å². The lowest BCUT2D eigenvalue weighted by Gasteiger charge is -2.06. The first-order valence-corrected chi connectivity index (χ1v) is 6.49. The first kappa shape index (κ1) is 12.4. The molecule has 0 spiro atoms. The van der Waals surface area contributed by atoms with Crippen molar-refractivity contribution in [3.63, 3.8) is 0 Å². The Morgan fingerprint density at radius 1 is 1.25 bits per heavy atom. The van der Waals surface area contributed by atoms with Crippen LogP contribution in [-0.4, -0.2) is 22.0 Å². The molecular weight excluding hydrogens is 252 g/mol. The fourth-order valence-electron chi connectivity index (χ4n) is 2.29. The van der Waals surface area contributed by atoms with Gasteiger partial charge in [-0.3, -0.25) is 4.98 Å². The highest BCUT2D eigenvalue weighted by Crippen LogP contribution is 2.27. The summed E-state index contributed by atoms with van der Waals surface area (Å²) in [7, 11) is 0. The zero-order valence-corrected chi connectivity index (χ0v) is 11.1. The molecule has 0 aromatic carbocycles. The van der Waals surface area contributed by atoms with Crippen molar-refractivity contribution in [1.82, 2.24) is 9.38 Å². The average molecular weight is 266 g/mol. The molecule has 3 heterocycles. The maximum absolute atomic E-state index is 12.2. The van der Waals surface area contributed by atoms with Gasteiger partial charge < -0.3 is 9.14 Å². The SMILES string of the molecule is CCOC(=O)c1cc2ccccn2c1-c1ccncc1. The van der Waals surface area contributed by atoms with Crippen LogP contribution in [0.2, 0.25) is 0 Å². The molecule has 100 valence electrons. The van der Waals surface area contributed by atoms with E-state index in [9.17, 15) is 4.79 Å². The predicted molar refractivity (Wildman–Crippen MR) is 76.6 cm³/mol. The first-order valence-electron chi connectivity index (χ1n) is 6.49. The molecule has 20 heavy (non-hydrogen) atoms. The first-order chi connectivity index (χ1) is 9.81. The zero-order valence-electron chi connectivity index (χ0n) is 11.1. The van der Waals surface area contributed by atoms with Crippen LogP contribution in [0.1, 0.15) is 17.3 Å². The van der Waals surface area contributed by atoms with Gasteiger partial charge in [0.15, 0.2) is 0 Å². The molecule has 4 nitrogen and oxygen atoms in total. The molecule has 0 radical (unpaired) electrons. The van der Waals surface area contributed by atoms with E-state index in [0.29, 0.717) is 12.2 Å². The lowest BCUT2D eigenvalue weighted by atomic mass is 10.1. The maximum Gasteiger partial charge on any atom is 0.340 e. The normalized spacial score (nSPS) is 10.7. The number of esters is 1. The van der Waals surface area contributed by atoms with Crippen LogP contribution in [0.3, 0.4) is 0 Å². The van der Waals surface area contributed by atoms with E-state index in [1.165, 1.54) is 0 Å². The molecule has 0 aliphatic heterocycles. The fraction of sp³-hybridized carbons (Fsp3) is 0.125. The van der Waals surface area contributed by atoms with Crippen LogP contribution in [0.25, 0.3) is 16.8 Å². The van der Waals surface area contributed by atoms with E-state index in [4.69, 9.17) is 4.74 Å². The standard InChI is InChI=1S/C16H14N2O2/c1-2-20-16(19)14-11-13-5-3-4-10-18(13)15(14)12-6-8-17-9-7-12/h3-11H,2H2,1H3. The molecule has 0 fully saturated rings. The monoisotopic (exact) mass is 266 g/mol. The lowest BCUT2D eigenvalue weighted by molar-refractivity contribution is 0.0527. The summed E-state index contributed by atoms with van der Waals surface area (Å²) in [5.41, 5.74) is 3.31. The molecule has 3 aromatic rings. The minimum absolute atomic E-state index is 0.303. The third-order valence-electron chi connectivity index (χ3n) is 3.13. The summed E-state index contributed by atoms with van der Waals surface area (Å²) in [5.74, 6) is -0.303. The van der Waals surface area contributed by atoms with Gasteiger partial charge in [0.2, 0.25) is 0 Å². The van der Waals surface area contributed by atoms with Gasteiger partial charge in [-0.15, -0.1) is 0 Å². The molecule has 0 aliphatic carbocycles. The van der Waals surface area contributed by atoms with Crippen LogP contribution < -0.4 is 0 Å². The van der Waals surface area contributed by atoms with E-state index in [1.807, 2.05) is 47.0 Å². The van der Waals surface area contributed by atoms with Crippen LogP contribution in [0.15, 0.2) is 55.0 Å². The zero-order chi connectivity index (χ0) is 13.9. The summed E-state index contributed by atoms with van der Waals surface area (Å²) in [6, 6.07) is 11.5. The highest BCUT2D eigenvalue weighted by Gasteiger charge is 2.18. The molecule has 0 unspecified atom stereocenters. The Morgan fingerprint density at radius 3 is 2.80 bits per heavy atom. The highest BCUT2D eigenvalue weighted by molar-refractivity contribution is 5.99. The summed E-state index contributed by atoms with van der Waals surface area (Å²) in [6.45, 7) is 2.17. The van der Waals surface area contributed by atoms with Crippen LogP contribution in [-0.2, 0) is 4.74 Å². The summed E-state index contributed by atoms with van der Waals surface area (Å²) < 4.78 is 7.14. The molecule has 4 heteroatoms. The molecule has 0 amide bonds. The maximum atomic E-state index is 12.2. The number of rotatable bonds is 3. The Hall–Kier alpha value is -2.62. The third-order valence-corrected chi connectivity index (χ3v) is 3.13. The highest BCUT2D eigenvalue weighted by atomic mass is 16.5. The number of carbonyl (C=O) groups excluding carboxylic acids is 1. The topological polar surface area (TPSA) is 43.6 Å². The van der Waals surface area contributed by atoms with Gasteiger partial charge in [0.05, 0.1) is 17.9 Å². The van der Waals surface area contributed by atoms with Gasteiger partial charge in [0.25, 0.3) is 0 Å². The fourth-order valence-corrected chi connectivity index (χ4v) is 2.29. The number of aromatic nitrogens is 2. The Morgan fingerprint density at radius 2 is 2.05 bits per heavy atom. The molecule has 0 atom stereocenters. The number of pyridine rings is 2. The van der Waals surface area contributed by atoms with Gasteiger partial charge in [0, 0.05) is 29.7 Å². The number of ether oxygens (including phenoxy) is 1. The van der Waals surface area contributed by atoms with Crippen molar-refractivity contribution in [2.45, 2.75) is 6.92 Å². The third kappa shape index (κ3) is 2.05. The van der Waals surface area contributed by atoms with E-state index in [2.05, 4.69) is 4.98 Å². The van der Waals surface area contributed by atoms with Crippen molar-refractivity contribution >= 4 is 11.5 Å². The quantitative estimate of drug-likeness (QED) is 0.684. The van der Waals surface area contributed by atoms with Gasteiger partial charge in [-0.2, -0.15) is 0 Å². The van der Waals surface area contributed by atoms with E-state index in [0.717, 1.165) is 16.8 Å². The molecule has 0 N–H and O–H groups in total. The largest absolute Gasteiger partial charge is 0.462 e. The molecule has 0 saturated heterocycles. The number of hydrogen-bond acceptors (Lipinski definition) is 3. The predicted octanol–water partition coefficient (Wildman–Crippen LogP) is 3.18. The van der Waals surface area contributed by atoms with E-state index < -0.39 is 0 Å². The number of hydrogen-bond donors (Lipinski definition) is 0. The molecule has 0 saturated carbocycles. The summed E-state index contributed by atoms with van der Waals surface area (Å²) in [4.78, 5) is 16.2. The Kier molecular flexibility index (Phi) is 3.21. The molecule has 0 aliphatic rings. The second kappa shape index (κ2) is 5.17. The number of nitrogens with zero attached hydrogens (tertiary/aromatic N) is 2. The number of carbonyl (C=O) groups is 1. The molecule has 3 rings (SSSR count). The van der Waals surface area contributed by atoms with Crippen LogP contribution >= 0.6 is 0 Å². The van der Waals surface area contributed by atoms with Crippen molar-refractivity contribution in [1.29, 1.82) is 0 Å². The molecular formula is C16H14N2O2. The Bertz CT molecular complexity index is 748. The minimum atomic E-state index is -0.303. The van der Waals surface area contributed by atoms with Crippen molar-refractivity contribution in [3.8, 4) is 11.3 Å². The molecule has 0 bridgehead atoms. The van der Waals surface area contributed by atoms with Crippen molar-refractivity contribution < 1.29 is 9.53 Å². The Balaban J connectivity index is 2.26. The van der Waals surface area contributed by atoms with Crippen LogP contribution in [0.5, 0.6) is 0 Å². The van der Waals surface area contributed by atoms with Gasteiger partial charge in [-0.1, -0.05) is 6.07 Å². The average Bonchev–Trinajstić information content (AvgIpc) is 2.88. The van der Waals surface area contributed by atoms with Crippen LogP contribution in [0.4, 0.5) is 0 Å². The van der Waals surface area contributed by atoms with E-state index in [1.54, 1.807) is 19.3 Å². The van der Waals surface area contributed by atoms with E-state index in [-0.39, 0.29) is 5.97 Å². The van der Waals surface area contributed by atoms with Crippen LogP contribution in [0, 0.1) is 0 Å². The summed E-state index contributed by atoms with van der Waals surface area (Å²) in [6.07, 6.45) is 5.37. The second-order valence-electron chi connectivity index (χ2n) is 4.36. The smallest absolute Gasteiger partial charge is 0.340 e. The molecule has 3 aromatic heterocycles. The second-order valence-corrected chi connectivity index (χ2v) is 4.36. The minimum Gasteiger partial charge on any atom is -0.462 e. The number of fused-ring (bicyclic) bond motifs is 1. The van der Waals surface area contributed by atoms with Crippen molar-refractivity contribution in [3.05, 3.63) is 60.6 Å². The van der Waals surface area contributed by atoms with Crippen molar-refractivity contribution in [2.24, 2.45) is 0 Å². The van der Waals surface area contributed by atoms with Gasteiger partial charge in [-0.25, -0.2) is 4.79 Å². The van der Waals surface area contributed by atoms with Gasteiger partial charge in [0.1, 0.15) is 0 Å². The van der Waals surface area contributed by atoms with Crippen molar-refractivity contribution in [2.75, 3.05) is 6.61 Å². The summed E-state index contributed by atoms with van der Waals surface area (Å²) >= 11 is 0. The lowest BCUT2D eigenvalue weighted by Crippen LogP contribution is -2.05. The Labute approximate surface area is 116 Å². The summed E-state index contributed by atoms with van der Waals surface area (Å²) in [5, 5.41) is 0.